The zero-order valence-electron chi connectivity index (χ0n) is 14.6. The van der Waals surface area contributed by atoms with Gasteiger partial charge in [0.2, 0.25) is 5.91 Å². The largest absolute Gasteiger partial charge is 0.494 e. The fourth-order valence-electron chi connectivity index (χ4n) is 2.28. The molecule has 0 heterocycles. The third-order valence-corrected chi connectivity index (χ3v) is 5.29. The number of ether oxygens (including phenoxy) is 1. The summed E-state index contributed by atoms with van der Waals surface area (Å²) in [5.74, 6) is 0.171. The molecular weight excluding hydrogens is 352 g/mol. The van der Waals surface area contributed by atoms with Gasteiger partial charge in [-0.25, -0.2) is 8.42 Å². The van der Waals surface area contributed by atoms with Gasteiger partial charge in [0.1, 0.15) is 12.3 Å². The van der Waals surface area contributed by atoms with Crippen LogP contribution >= 0.6 is 0 Å². The van der Waals surface area contributed by atoms with Gasteiger partial charge >= 0.3 is 0 Å². The maximum Gasteiger partial charge on any atom is 0.264 e. The summed E-state index contributed by atoms with van der Waals surface area (Å²) in [5, 5.41) is 2.60. The highest BCUT2D eigenvalue weighted by molar-refractivity contribution is 7.92. The van der Waals surface area contributed by atoms with Crippen LogP contribution in [0.5, 0.6) is 5.75 Å². The first-order valence-corrected chi connectivity index (χ1v) is 9.61. The van der Waals surface area contributed by atoms with Gasteiger partial charge in [-0.05, 0) is 43.3 Å². The molecule has 0 atom stereocenters. The van der Waals surface area contributed by atoms with Crippen LogP contribution in [0.15, 0.2) is 72.1 Å². The van der Waals surface area contributed by atoms with Crippen LogP contribution < -0.4 is 14.4 Å². The smallest absolute Gasteiger partial charge is 0.264 e. The lowest BCUT2D eigenvalue weighted by Gasteiger charge is -2.24. The Bertz CT molecular complexity index is 834. The Kier molecular flexibility index (Phi) is 6.80. The molecule has 0 unspecified atom stereocenters. The summed E-state index contributed by atoms with van der Waals surface area (Å²) < 4.78 is 32.6. The second-order valence-electron chi connectivity index (χ2n) is 5.34. The molecule has 0 bridgehead atoms. The number of anilines is 1. The molecule has 0 aromatic heterocycles. The van der Waals surface area contributed by atoms with Crippen LogP contribution in [0, 0.1) is 0 Å². The number of amides is 1. The first kappa shape index (κ1) is 19.5. The summed E-state index contributed by atoms with van der Waals surface area (Å²) in [6.45, 7) is 5.82. The van der Waals surface area contributed by atoms with Gasteiger partial charge in [0.05, 0.1) is 17.2 Å². The zero-order chi connectivity index (χ0) is 19.0. The molecule has 6 nitrogen and oxygen atoms in total. The fourth-order valence-corrected chi connectivity index (χ4v) is 3.70. The lowest BCUT2D eigenvalue weighted by molar-refractivity contribution is -0.119. The van der Waals surface area contributed by atoms with Crippen molar-refractivity contribution in [3.05, 3.63) is 67.3 Å². The second-order valence-corrected chi connectivity index (χ2v) is 7.21. The molecule has 2 rings (SSSR count). The van der Waals surface area contributed by atoms with Gasteiger partial charge in [-0.1, -0.05) is 24.3 Å². The highest BCUT2D eigenvalue weighted by Gasteiger charge is 2.27. The number of carbonyl (C=O) groups is 1. The van der Waals surface area contributed by atoms with Crippen LogP contribution in [0.4, 0.5) is 5.69 Å². The normalized spacial score (nSPS) is 10.8. The van der Waals surface area contributed by atoms with Gasteiger partial charge in [-0.2, -0.15) is 0 Å². The Balaban J connectivity index is 2.36. The average molecular weight is 374 g/mol. The number of hydrogen-bond acceptors (Lipinski definition) is 4. The van der Waals surface area contributed by atoms with Crippen molar-refractivity contribution in [2.75, 3.05) is 24.0 Å². The Hall–Kier alpha value is -2.80. The van der Waals surface area contributed by atoms with E-state index in [0.29, 0.717) is 18.0 Å². The molecule has 0 saturated heterocycles. The summed E-state index contributed by atoms with van der Waals surface area (Å²) in [4.78, 5) is 12.2. The van der Waals surface area contributed by atoms with E-state index in [1.54, 1.807) is 42.5 Å². The first-order chi connectivity index (χ1) is 12.5. The van der Waals surface area contributed by atoms with Crippen LogP contribution in [-0.4, -0.2) is 34.0 Å². The molecule has 2 aromatic carbocycles. The number of rotatable bonds is 9. The van der Waals surface area contributed by atoms with Crippen LogP contribution in [0.25, 0.3) is 0 Å². The molecular formula is C19H22N2O4S. The summed E-state index contributed by atoms with van der Waals surface area (Å²) in [6.07, 6.45) is 1.53. The van der Waals surface area contributed by atoms with Crippen LogP contribution in [0.2, 0.25) is 0 Å². The van der Waals surface area contributed by atoms with Crippen LogP contribution in [0.1, 0.15) is 6.92 Å². The Morgan fingerprint density at radius 2 is 1.81 bits per heavy atom. The molecule has 2 aromatic rings. The highest BCUT2D eigenvalue weighted by Crippen LogP contribution is 2.24. The quantitative estimate of drug-likeness (QED) is 0.685. The standard InChI is InChI=1S/C19H22N2O4S/c1-3-14-20-19(22)15-21(16-8-6-5-7-9-16)26(23,24)18-12-10-17(11-13-18)25-4-2/h3,5-13H,1,4,14-15H2,2H3,(H,20,22). The molecule has 0 aliphatic rings. The molecule has 1 N–H and O–H groups in total. The Morgan fingerprint density at radius 1 is 1.15 bits per heavy atom. The van der Waals surface area contributed by atoms with Crippen molar-refractivity contribution in [2.45, 2.75) is 11.8 Å². The van der Waals surface area contributed by atoms with Gasteiger partial charge < -0.3 is 10.1 Å². The summed E-state index contributed by atoms with van der Waals surface area (Å²) >= 11 is 0. The topological polar surface area (TPSA) is 75.7 Å². The summed E-state index contributed by atoms with van der Waals surface area (Å²) in [5.41, 5.74) is 0.412. The van der Waals surface area contributed by atoms with Gasteiger partial charge in [-0.3, -0.25) is 9.10 Å². The second kappa shape index (κ2) is 9.05. The predicted molar refractivity (Wildman–Crippen MR) is 102 cm³/mol. The molecule has 0 saturated carbocycles. The van der Waals surface area contributed by atoms with E-state index in [2.05, 4.69) is 11.9 Å². The number of hydrogen-bond donors (Lipinski definition) is 1. The average Bonchev–Trinajstić information content (AvgIpc) is 2.65. The zero-order valence-corrected chi connectivity index (χ0v) is 15.4. The van der Waals surface area contributed by atoms with E-state index >= 15 is 0 Å². The molecule has 0 radical (unpaired) electrons. The SMILES string of the molecule is C=CCNC(=O)CN(c1ccccc1)S(=O)(=O)c1ccc(OCC)cc1. The number of carbonyl (C=O) groups excluding carboxylic acids is 1. The molecule has 1 amide bonds. The van der Waals surface area contributed by atoms with E-state index in [1.807, 2.05) is 6.92 Å². The van der Waals surface area contributed by atoms with Crippen molar-refractivity contribution < 1.29 is 17.9 Å². The third kappa shape index (κ3) is 4.86. The van der Waals surface area contributed by atoms with E-state index in [4.69, 9.17) is 4.74 Å². The molecule has 26 heavy (non-hydrogen) atoms. The van der Waals surface area contributed by atoms with Crippen molar-refractivity contribution in [3.8, 4) is 5.75 Å². The number of benzene rings is 2. The van der Waals surface area contributed by atoms with E-state index < -0.39 is 15.9 Å². The van der Waals surface area contributed by atoms with Gasteiger partial charge in [0.25, 0.3) is 10.0 Å². The van der Waals surface area contributed by atoms with Crippen LogP contribution in [0.3, 0.4) is 0 Å². The number of sulfonamides is 1. The minimum atomic E-state index is -3.91. The fraction of sp³-hybridized carbons (Fsp3) is 0.211. The van der Waals surface area contributed by atoms with E-state index in [-0.39, 0.29) is 18.0 Å². The van der Waals surface area contributed by atoms with Gasteiger partial charge in [-0.15, -0.1) is 6.58 Å². The van der Waals surface area contributed by atoms with Crippen LogP contribution in [-0.2, 0) is 14.8 Å². The Labute approximate surface area is 154 Å². The lowest BCUT2D eigenvalue weighted by atomic mass is 10.3. The van der Waals surface area contributed by atoms with Gasteiger partial charge in [0, 0.05) is 6.54 Å². The van der Waals surface area contributed by atoms with Gasteiger partial charge in [0.15, 0.2) is 0 Å². The number of nitrogens with one attached hydrogen (secondary N) is 1. The Morgan fingerprint density at radius 3 is 2.38 bits per heavy atom. The molecule has 0 aliphatic carbocycles. The third-order valence-electron chi connectivity index (χ3n) is 3.50. The maximum absolute atomic E-state index is 13.1. The van der Waals surface area contributed by atoms with E-state index in [1.165, 1.54) is 18.2 Å². The molecule has 7 heteroatoms. The highest BCUT2D eigenvalue weighted by atomic mass is 32.2. The predicted octanol–water partition coefficient (Wildman–Crippen LogP) is 2.58. The van der Waals surface area contributed by atoms with Crippen molar-refractivity contribution in [1.29, 1.82) is 0 Å². The van der Waals surface area contributed by atoms with E-state index in [0.717, 1.165) is 4.31 Å². The molecule has 138 valence electrons. The number of para-hydroxylation sites is 1. The molecule has 0 fully saturated rings. The minimum Gasteiger partial charge on any atom is -0.494 e. The van der Waals surface area contributed by atoms with E-state index in [9.17, 15) is 13.2 Å². The number of nitrogens with zero attached hydrogens (tertiary/aromatic N) is 1. The first-order valence-electron chi connectivity index (χ1n) is 8.17. The van der Waals surface area contributed by atoms with Crippen molar-refractivity contribution >= 4 is 21.6 Å². The molecule has 0 spiro atoms. The molecule has 0 aliphatic heterocycles. The van der Waals surface area contributed by atoms with Crippen molar-refractivity contribution in [1.82, 2.24) is 5.32 Å². The summed E-state index contributed by atoms with van der Waals surface area (Å²) in [6, 6.07) is 14.6. The summed E-state index contributed by atoms with van der Waals surface area (Å²) in [7, 11) is -3.91. The lowest BCUT2D eigenvalue weighted by Crippen LogP contribution is -2.40. The van der Waals surface area contributed by atoms with Crippen molar-refractivity contribution in [3.63, 3.8) is 0 Å². The van der Waals surface area contributed by atoms with Crippen molar-refractivity contribution in [2.24, 2.45) is 0 Å². The monoisotopic (exact) mass is 374 g/mol. The minimum absolute atomic E-state index is 0.0846. The maximum atomic E-state index is 13.1.